The van der Waals surface area contributed by atoms with Gasteiger partial charge in [0.1, 0.15) is 5.75 Å². The van der Waals surface area contributed by atoms with Crippen molar-refractivity contribution in [1.82, 2.24) is 5.32 Å². The number of para-hydroxylation sites is 1. The van der Waals surface area contributed by atoms with Gasteiger partial charge < -0.3 is 10.1 Å². The molecule has 1 heterocycles. The molecule has 7 nitrogen and oxygen atoms in total. The zero-order chi connectivity index (χ0) is 22.1. The van der Waals surface area contributed by atoms with Gasteiger partial charge in [0.05, 0.1) is 34.6 Å². The Hall–Kier alpha value is -2.58. The molecule has 0 bridgehead atoms. The third kappa shape index (κ3) is 4.29. The Labute approximate surface area is 181 Å². The van der Waals surface area contributed by atoms with E-state index in [0.29, 0.717) is 13.0 Å². The maximum atomic E-state index is 12.7. The number of sulfonamides is 1. The molecular weight excluding hydrogens is 428 g/mol. The topological polar surface area (TPSA) is 92.8 Å². The first-order valence-corrected chi connectivity index (χ1v) is 11.3. The average molecular weight is 451 g/mol. The fourth-order valence-corrected chi connectivity index (χ4v) is 5.69. The van der Waals surface area contributed by atoms with Crippen LogP contribution in [-0.4, -0.2) is 39.6 Å². The van der Waals surface area contributed by atoms with E-state index in [4.69, 9.17) is 16.3 Å². The minimum atomic E-state index is -3.82. The molecule has 2 aromatic carbocycles. The van der Waals surface area contributed by atoms with Crippen molar-refractivity contribution in [2.24, 2.45) is 5.41 Å². The van der Waals surface area contributed by atoms with Crippen LogP contribution in [0, 0.1) is 5.41 Å². The highest BCUT2D eigenvalue weighted by Gasteiger charge is 2.50. The lowest BCUT2D eigenvalue weighted by Crippen LogP contribution is -2.33. The maximum Gasteiger partial charge on any atom is 0.252 e. The lowest BCUT2D eigenvalue weighted by molar-refractivity contribution is -0.123. The summed E-state index contributed by atoms with van der Waals surface area (Å²) in [6.45, 7) is 3.48. The number of carbonyl (C=O) groups is 2. The average Bonchev–Trinajstić information content (AvgIpc) is 2.85. The molecule has 0 aliphatic carbocycles. The Morgan fingerprint density at radius 2 is 1.93 bits per heavy atom. The second-order valence-corrected chi connectivity index (χ2v) is 9.92. The van der Waals surface area contributed by atoms with E-state index in [1.54, 1.807) is 21.0 Å². The predicted molar refractivity (Wildman–Crippen MR) is 116 cm³/mol. The summed E-state index contributed by atoms with van der Waals surface area (Å²) in [5.41, 5.74) is 0.109. The Balaban J connectivity index is 1.78. The van der Waals surface area contributed by atoms with Gasteiger partial charge >= 0.3 is 0 Å². The van der Waals surface area contributed by atoms with Gasteiger partial charge in [-0.1, -0.05) is 29.8 Å². The predicted octanol–water partition coefficient (Wildman–Crippen LogP) is 3.02. The standard InChI is InChI=1S/C21H23ClN2O5S/c1-21(2)13-30(27,28)24(20(21)26)15-8-9-17(22)16(12-15)19(25)23-11-10-14-6-4-5-7-18(14)29-3/h4-9,12H,10-11,13H2,1-3H3,(H,23,25). The van der Waals surface area contributed by atoms with Gasteiger partial charge in [0.25, 0.3) is 5.91 Å². The molecule has 1 fully saturated rings. The first-order chi connectivity index (χ1) is 14.1. The van der Waals surface area contributed by atoms with Crippen molar-refractivity contribution in [3.8, 4) is 5.75 Å². The second-order valence-electron chi connectivity index (χ2n) is 7.69. The molecule has 1 aliphatic heterocycles. The van der Waals surface area contributed by atoms with Gasteiger partial charge in [-0.2, -0.15) is 0 Å². The number of hydrogen-bond acceptors (Lipinski definition) is 5. The van der Waals surface area contributed by atoms with E-state index in [-0.39, 0.29) is 22.0 Å². The Morgan fingerprint density at radius 3 is 2.57 bits per heavy atom. The molecular formula is C21H23ClN2O5S. The van der Waals surface area contributed by atoms with Crippen molar-refractivity contribution in [3.05, 3.63) is 58.6 Å². The Morgan fingerprint density at radius 1 is 1.23 bits per heavy atom. The van der Waals surface area contributed by atoms with Crippen LogP contribution in [0.2, 0.25) is 5.02 Å². The third-order valence-electron chi connectivity index (χ3n) is 4.89. The number of hydrogen-bond donors (Lipinski definition) is 1. The van der Waals surface area contributed by atoms with Gasteiger partial charge in [0, 0.05) is 6.54 Å². The van der Waals surface area contributed by atoms with E-state index in [1.165, 1.54) is 18.2 Å². The zero-order valence-corrected chi connectivity index (χ0v) is 18.5. The number of ether oxygens (including phenoxy) is 1. The summed E-state index contributed by atoms with van der Waals surface area (Å²) in [6, 6.07) is 11.7. The minimum absolute atomic E-state index is 0.0990. The first-order valence-electron chi connectivity index (χ1n) is 9.34. The number of rotatable bonds is 6. The van der Waals surface area contributed by atoms with E-state index < -0.39 is 27.3 Å². The number of amides is 2. The molecule has 2 aromatic rings. The fraction of sp³-hybridized carbons (Fsp3) is 0.333. The molecule has 9 heteroatoms. The summed E-state index contributed by atoms with van der Waals surface area (Å²) in [5.74, 6) is -0.554. The molecule has 1 saturated heterocycles. The molecule has 3 rings (SSSR count). The zero-order valence-electron chi connectivity index (χ0n) is 16.9. The van der Waals surface area contributed by atoms with Crippen LogP contribution in [0.4, 0.5) is 5.69 Å². The highest BCUT2D eigenvalue weighted by atomic mass is 35.5. The summed E-state index contributed by atoms with van der Waals surface area (Å²) in [4.78, 5) is 25.3. The van der Waals surface area contributed by atoms with Crippen LogP contribution in [0.1, 0.15) is 29.8 Å². The molecule has 0 unspecified atom stereocenters. The van der Waals surface area contributed by atoms with Crippen LogP contribution in [-0.2, 0) is 21.2 Å². The van der Waals surface area contributed by atoms with E-state index in [9.17, 15) is 18.0 Å². The number of benzene rings is 2. The second kappa shape index (κ2) is 8.28. The number of anilines is 1. The molecule has 1 N–H and O–H groups in total. The number of halogens is 1. The van der Waals surface area contributed by atoms with Crippen molar-refractivity contribution in [3.63, 3.8) is 0 Å². The van der Waals surface area contributed by atoms with Crippen molar-refractivity contribution in [2.75, 3.05) is 23.7 Å². The summed E-state index contributed by atoms with van der Waals surface area (Å²) >= 11 is 6.17. The molecule has 2 amide bonds. The number of nitrogens with zero attached hydrogens (tertiary/aromatic N) is 1. The number of methoxy groups -OCH3 is 1. The summed E-state index contributed by atoms with van der Waals surface area (Å²) in [5, 5.41) is 2.94. The quantitative estimate of drug-likeness (QED) is 0.730. The van der Waals surface area contributed by atoms with Gasteiger partial charge in [0.2, 0.25) is 15.9 Å². The highest BCUT2D eigenvalue weighted by molar-refractivity contribution is 7.94. The van der Waals surface area contributed by atoms with Crippen LogP contribution in [0.25, 0.3) is 0 Å². The smallest absolute Gasteiger partial charge is 0.252 e. The van der Waals surface area contributed by atoms with Crippen LogP contribution in [0.15, 0.2) is 42.5 Å². The maximum absolute atomic E-state index is 12.7. The monoisotopic (exact) mass is 450 g/mol. The first kappa shape index (κ1) is 22.1. The van der Waals surface area contributed by atoms with Crippen LogP contribution in [0.5, 0.6) is 5.75 Å². The van der Waals surface area contributed by atoms with Crippen molar-refractivity contribution in [1.29, 1.82) is 0 Å². The molecule has 0 spiro atoms. The van der Waals surface area contributed by atoms with Gasteiger partial charge in [0.15, 0.2) is 0 Å². The normalized spacial score (nSPS) is 17.1. The Kier molecular flexibility index (Phi) is 6.10. The molecule has 0 atom stereocenters. The molecule has 30 heavy (non-hydrogen) atoms. The van der Waals surface area contributed by atoms with Crippen molar-refractivity contribution >= 4 is 39.1 Å². The molecule has 160 valence electrons. The summed E-state index contributed by atoms with van der Waals surface area (Å²) < 4.78 is 31.1. The molecule has 0 radical (unpaired) electrons. The lowest BCUT2D eigenvalue weighted by atomic mass is 9.95. The SMILES string of the molecule is COc1ccccc1CCNC(=O)c1cc(N2C(=O)C(C)(C)CS2(=O)=O)ccc1Cl. The van der Waals surface area contributed by atoms with Crippen molar-refractivity contribution in [2.45, 2.75) is 20.3 Å². The van der Waals surface area contributed by atoms with E-state index >= 15 is 0 Å². The number of nitrogens with one attached hydrogen (secondary N) is 1. The lowest BCUT2D eigenvalue weighted by Gasteiger charge is -2.18. The minimum Gasteiger partial charge on any atom is -0.496 e. The molecule has 1 aliphatic rings. The van der Waals surface area contributed by atoms with E-state index in [0.717, 1.165) is 15.6 Å². The summed E-state index contributed by atoms with van der Waals surface area (Å²) in [6.07, 6.45) is 0.542. The largest absolute Gasteiger partial charge is 0.496 e. The van der Waals surface area contributed by atoms with Crippen LogP contribution in [0.3, 0.4) is 0 Å². The molecule has 0 aromatic heterocycles. The van der Waals surface area contributed by atoms with Gasteiger partial charge in [-0.25, -0.2) is 12.7 Å². The third-order valence-corrected chi connectivity index (χ3v) is 7.24. The van der Waals surface area contributed by atoms with Crippen LogP contribution < -0.4 is 14.4 Å². The van der Waals surface area contributed by atoms with Gasteiger partial charge in [-0.3, -0.25) is 9.59 Å². The highest BCUT2D eigenvalue weighted by Crippen LogP contribution is 2.36. The van der Waals surface area contributed by atoms with Gasteiger partial charge in [-0.15, -0.1) is 0 Å². The Bertz CT molecular complexity index is 1100. The van der Waals surface area contributed by atoms with E-state index in [2.05, 4.69) is 5.32 Å². The molecule has 0 saturated carbocycles. The van der Waals surface area contributed by atoms with Gasteiger partial charge in [-0.05, 0) is 50.1 Å². The number of carbonyl (C=O) groups excluding carboxylic acids is 2. The van der Waals surface area contributed by atoms with Crippen molar-refractivity contribution < 1.29 is 22.7 Å². The summed E-state index contributed by atoms with van der Waals surface area (Å²) in [7, 11) is -2.24. The van der Waals surface area contributed by atoms with Crippen LogP contribution >= 0.6 is 11.6 Å². The fourth-order valence-electron chi connectivity index (χ4n) is 3.39. The van der Waals surface area contributed by atoms with E-state index in [1.807, 2.05) is 24.3 Å².